The zero-order valence-electron chi connectivity index (χ0n) is 35.6. The second-order valence-corrected chi connectivity index (χ2v) is 20.5. The van der Waals surface area contributed by atoms with Crippen LogP contribution in [0, 0.1) is 61.6 Å². The van der Waals surface area contributed by atoms with E-state index in [4.69, 9.17) is 14.7 Å². The number of benzene rings is 2. The van der Waals surface area contributed by atoms with Gasteiger partial charge >= 0.3 is 5.97 Å². The summed E-state index contributed by atoms with van der Waals surface area (Å²) < 4.78 is 12.3. The van der Waals surface area contributed by atoms with Crippen LogP contribution in [0.1, 0.15) is 171 Å². The first-order valence-electron chi connectivity index (χ1n) is 22.0. The summed E-state index contributed by atoms with van der Waals surface area (Å²) in [4.78, 5) is 13.2. The summed E-state index contributed by atoms with van der Waals surface area (Å²) in [6.45, 7) is 24.2. The molecule has 4 fully saturated rings. The van der Waals surface area contributed by atoms with E-state index in [0.29, 0.717) is 34.8 Å². The molecule has 0 aromatic heterocycles. The van der Waals surface area contributed by atoms with Crippen LogP contribution in [0.15, 0.2) is 48.5 Å². The summed E-state index contributed by atoms with van der Waals surface area (Å²) in [6.07, 6.45) is 18.7. The van der Waals surface area contributed by atoms with E-state index in [9.17, 15) is 4.79 Å². The molecule has 4 heteroatoms. The maximum Gasteiger partial charge on any atom is 0.306 e. The monoisotopic (exact) mass is 736 g/mol. The van der Waals surface area contributed by atoms with Crippen LogP contribution in [0.5, 0.6) is 5.75 Å². The molecule has 0 bridgehead atoms. The van der Waals surface area contributed by atoms with E-state index >= 15 is 0 Å². The van der Waals surface area contributed by atoms with Gasteiger partial charge in [-0.25, -0.2) is 0 Å². The number of hydrogen-bond donors (Lipinski definition) is 0. The lowest BCUT2D eigenvalue weighted by molar-refractivity contribution is -0.291. The van der Waals surface area contributed by atoms with Crippen LogP contribution in [0.3, 0.4) is 0 Å². The molecule has 4 nitrogen and oxygen atoms in total. The van der Waals surface area contributed by atoms with Gasteiger partial charge in [-0.2, -0.15) is 5.26 Å². The van der Waals surface area contributed by atoms with Gasteiger partial charge in [-0.1, -0.05) is 106 Å². The van der Waals surface area contributed by atoms with Gasteiger partial charge in [0, 0.05) is 6.42 Å². The number of nitriles is 1. The van der Waals surface area contributed by atoms with Crippen LogP contribution < -0.4 is 4.74 Å². The summed E-state index contributed by atoms with van der Waals surface area (Å²) in [5, 5.41) is 9.04. The third-order valence-electron chi connectivity index (χ3n) is 17.9. The van der Waals surface area contributed by atoms with E-state index in [1.807, 2.05) is 36.4 Å². The minimum Gasteiger partial charge on any atom is -0.494 e. The van der Waals surface area contributed by atoms with Gasteiger partial charge in [0.25, 0.3) is 0 Å². The van der Waals surface area contributed by atoms with E-state index in [-0.39, 0.29) is 28.3 Å². The molecule has 0 spiro atoms. The molecule has 0 aliphatic heterocycles. The molecule has 0 N–H and O–H groups in total. The third kappa shape index (κ3) is 6.95. The number of carbonyl (C=O) groups is 1. The number of hydrogen-bond acceptors (Lipinski definition) is 4. The van der Waals surface area contributed by atoms with Crippen LogP contribution >= 0.6 is 0 Å². The molecule has 0 heterocycles. The van der Waals surface area contributed by atoms with E-state index in [2.05, 4.69) is 80.5 Å². The molecule has 0 saturated heterocycles. The Morgan fingerprint density at radius 1 is 0.722 bits per heavy atom. The van der Waals surface area contributed by atoms with E-state index < -0.39 is 0 Å². The quantitative estimate of drug-likeness (QED) is 0.143. The van der Waals surface area contributed by atoms with Gasteiger partial charge in [-0.05, 0) is 163 Å². The largest absolute Gasteiger partial charge is 0.494 e. The van der Waals surface area contributed by atoms with E-state index in [1.165, 1.54) is 64.2 Å². The summed E-state index contributed by atoms with van der Waals surface area (Å²) >= 11 is 0. The highest BCUT2D eigenvalue weighted by Crippen LogP contribution is 2.84. The second-order valence-electron chi connectivity index (χ2n) is 20.5. The minimum absolute atomic E-state index is 0.0150. The molecule has 1 unspecified atom stereocenters. The summed E-state index contributed by atoms with van der Waals surface area (Å²) in [6, 6.07) is 17.9. The van der Waals surface area contributed by atoms with Crippen LogP contribution in [-0.2, 0) is 9.53 Å². The van der Waals surface area contributed by atoms with Crippen molar-refractivity contribution in [2.45, 2.75) is 171 Å². The van der Waals surface area contributed by atoms with Gasteiger partial charge in [0.05, 0.1) is 18.2 Å². The lowest BCUT2D eigenvalue weighted by atomic mass is 9.27. The number of fused-ring (bicyclic) bond motifs is 5. The van der Waals surface area contributed by atoms with Crippen LogP contribution in [-0.4, -0.2) is 18.7 Å². The minimum atomic E-state index is -0.0150. The number of rotatable bonds is 14. The second kappa shape index (κ2) is 15.6. The van der Waals surface area contributed by atoms with E-state index in [1.54, 1.807) is 0 Å². The summed E-state index contributed by atoms with van der Waals surface area (Å²) in [5.74, 6) is 3.31. The van der Waals surface area contributed by atoms with Crippen molar-refractivity contribution in [1.82, 2.24) is 0 Å². The van der Waals surface area contributed by atoms with Crippen molar-refractivity contribution in [2.24, 2.45) is 50.2 Å². The Labute approximate surface area is 329 Å². The highest BCUT2D eigenvalue weighted by atomic mass is 16.5. The van der Waals surface area contributed by atoms with Crippen molar-refractivity contribution in [3.63, 3.8) is 0 Å². The topological polar surface area (TPSA) is 59.3 Å². The average molecular weight is 736 g/mol. The predicted molar refractivity (Wildman–Crippen MR) is 222 cm³/mol. The van der Waals surface area contributed by atoms with Gasteiger partial charge in [-0.3, -0.25) is 4.79 Å². The molecule has 2 aromatic rings. The van der Waals surface area contributed by atoms with E-state index in [0.717, 1.165) is 66.7 Å². The molecule has 9 atom stereocenters. The molecule has 6 rings (SSSR count). The van der Waals surface area contributed by atoms with Crippen molar-refractivity contribution < 1.29 is 14.3 Å². The normalized spacial score (nSPS) is 36.4. The molecule has 4 aliphatic rings. The average Bonchev–Trinajstić information content (AvgIpc) is 3.43. The maximum atomic E-state index is 13.2. The number of esters is 1. The SMILES string of the molecule is CC(C)CCC[C@@H](C)C1CC[C@@]2(C)[C@]3(C)CC[C@@]4(C)C[C@@H](OC(=O)CCCCCOc5ccc(-c6ccc(C#N)cc6)cc5)CC[C@]4(C)[C@@]3(C)CC[C@]12C. The van der Waals surface area contributed by atoms with Crippen LogP contribution in [0.2, 0.25) is 0 Å². The van der Waals surface area contributed by atoms with Crippen molar-refractivity contribution >= 4 is 5.97 Å². The molecule has 54 heavy (non-hydrogen) atoms. The van der Waals surface area contributed by atoms with Crippen molar-refractivity contribution in [3.05, 3.63) is 54.1 Å². The number of carbonyl (C=O) groups excluding carboxylic acids is 1. The van der Waals surface area contributed by atoms with Crippen LogP contribution in [0.4, 0.5) is 0 Å². The number of ether oxygens (including phenoxy) is 2. The van der Waals surface area contributed by atoms with Gasteiger partial charge in [0.1, 0.15) is 11.9 Å². The van der Waals surface area contributed by atoms with Gasteiger partial charge < -0.3 is 9.47 Å². The first kappa shape index (κ1) is 40.9. The molecular weight excluding hydrogens is 663 g/mol. The Kier molecular flexibility index (Phi) is 11.8. The zero-order valence-corrected chi connectivity index (χ0v) is 35.6. The lowest BCUT2D eigenvalue weighted by Crippen LogP contribution is -2.70. The Balaban J connectivity index is 0.977. The number of unbranched alkanes of at least 4 members (excludes halogenated alkanes) is 2. The fourth-order valence-corrected chi connectivity index (χ4v) is 13.6. The Morgan fingerprint density at radius 3 is 2.02 bits per heavy atom. The maximum absolute atomic E-state index is 13.2. The summed E-state index contributed by atoms with van der Waals surface area (Å²) in [7, 11) is 0. The standard InChI is InChI=1S/C50H73NO3/c1-36(2)14-13-15-37(3)43-26-28-48(7)46(43,5)30-32-49(8)47(6)27-25-42(34-45(47,4)29-31-50(48,49)9)54-44(52)16-11-10-12-33-53-41-23-21-40(22-24-41)39-19-17-38(35-51)18-20-39/h17-24,36-37,42-43H,10-16,25-34H2,1-9H3/t37-,42+,43?,45+,46-,47+,48-,49-,50+/m1/s1. The first-order chi connectivity index (χ1) is 25.5. The molecule has 296 valence electrons. The summed E-state index contributed by atoms with van der Waals surface area (Å²) in [5.41, 5.74) is 4.66. The van der Waals surface area contributed by atoms with Crippen molar-refractivity contribution in [3.8, 4) is 22.9 Å². The molecule has 4 saturated carbocycles. The highest BCUT2D eigenvalue weighted by Gasteiger charge is 2.76. The Bertz CT molecular complexity index is 1640. The zero-order chi connectivity index (χ0) is 39.0. The predicted octanol–water partition coefficient (Wildman–Crippen LogP) is 13.8. The Hall–Kier alpha value is -2.80. The van der Waals surface area contributed by atoms with Gasteiger partial charge in [-0.15, -0.1) is 0 Å². The fourth-order valence-electron chi connectivity index (χ4n) is 13.6. The highest BCUT2D eigenvalue weighted by molar-refractivity contribution is 5.69. The fraction of sp³-hybridized carbons (Fsp3) is 0.720. The van der Waals surface area contributed by atoms with Gasteiger partial charge in [0.2, 0.25) is 0 Å². The van der Waals surface area contributed by atoms with Crippen LogP contribution in [0.25, 0.3) is 11.1 Å². The third-order valence-corrected chi connectivity index (χ3v) is 17.9. The molecular formula is C50H73NO3. The molecule has 0 amide bonds. The molecule has 2 aromatic carbocycles. The smallest absolute Gasteiger partial charge is 0.306 e. The van der Waals surface area contributed by atoms with Gasteiger partial charge in [0.15, 0.2) is 0 Å². The van der Waals surface area contributed by atoms with Crippen molar-refractivity contribution in [1.29, 1.82) is 5.26 Å². The lowest BCUT2D eigenvalue weighted by Gasteiger charge is -2.77. The molecule has 4 aliphatic carbocycles. The van der Waals surface area contributed by atoms with Crippen molar-refractivity contribution in [2.75, 3.05) is 6.61 Å². The molecule has 0 radical (unpaired) electrons. The number of nitrogens with zero attached hydrogens (tertiary/aromatic N) is 1. The first-order valence-corrected chi connectivity index (χ1v) is 22.0. The Morgan fingerprint density at radius 2 is 1.35 bits per heavy atom.